The lowest BCUT2D eigenvalue weighted by Gasteiger charge is -2.19. The van der Waals surface area contributed by atoms with Gasteiger partial charge in [0, 0.05) is 25.5 Å². The lowest BCUT2D eigenvalue weighted by molar-refractivity contribution is -0.136. The highest BCUT2D eigenvalue weighted by Crippen LogP contribution is 2.39. The van der Waals surface area contributed by atoms with Gasteiger partial charge in [0.1, 0.15) is 18.3 Å². The highest BCUT2D eigenvalue weighted by molar-refractivity contribution is 7.51. The summed E-state index contributed by atoms with van der Waals surface area (Å²) in [5, 5.41) is 19.2. The molecule has 26 heavy (non-hydrogen) atoms. The van der Waals surface area contributed by atoms with E-state index in [9.17, 15) is 28.9 Å². The Morgan fingerprint density at radius 1 is 1.46 bits per heavy atom. The van der Waals surface area contributed by atoms with Crippen molar-refractivity contribution in [1.29, 1.82) is 0 Å². The number of hydrogen-bond acceptors (Lipinski definition) is 8. The molecule has 0 bridgehead atoms. The summed E-state index contributed by atoms with van der Waals surface area (Å²) in [4.78, 5) is 45.7. The number of rotatable bonds is 7. The topological polar surface area (TPSA) is 177 Å². The van der Waals surface area contributed by atoms with Crippen LogP contribution in [0.2, 0.25) is 0 Å². The molecule has 12 nitrogen and oxygen atoms in total. The van der Waals surface area contributed by atoms with Crippen molar-refractivity contribution >= 4 is 13.6 Å². The smallest absolute Gasteiger partial charge is 0.330 e. The zero-order valence-electron chi connectivity index (χ0n) is 13.9. The Labute approximate surface area is 146 Å². The van der Waals surface area contributed by atoms with Crippen LogP contribution in [0.25, 0.3) is 0 Å². The van der Waals surface area contributed by atoms with Crippen LogP contribution in [0.5, 0.6) is 0 Å². The molecule has 0 radical (unpaired) electrons. The van der Waals surface area contributed by atoms with Crippen molar-refractivity contribution in [3.63, 3.8) is 0 Å². The number of carbonyl (C=O) groups is 1. The van der Waals surface area contributed by atoms with Crippen LogP contribution in [0, 0.1) is 0 Å². The van der Waals surface area contributed by atoms with E-state index in [1.807, 2.05) is 4.98 Å². The van der Waals surface area contributed by atoms with E-state index in [-0.39, 0.29) is 5.56 Å². The molecule has 13 heteroatoms. The van der Waals surface area contributed by atoms with Crippen molar-refractivity contribution in [2.24, 2.45) is 0 Å². The summed E-state index contributed by atoms with van der Waals surface area (Å²) in [6, 6.07) is 0. The highest BCUT2D eigenvalue weighted by Gasteiger charge is 2.46. The fraction of sp³-hybridized carbons (Fsp3) is 0.615. The van der Waals surface area contributed by atoms with E-state index in [1.165, 1.54) is 7.11 Å². The molecule has 0 aliphatic carbocycles. The van der Waals surface area contributed by atoms with Crippen LogP contribution in [-0.4, -0.2) is 69.3 Å². The molecule has 0 aromatic carbocycles. The maximum absolute atomic E-state index is 12.0. The number of aliphatic carboxylic acids is 1. The first-order chi connectivity index (χ1) is 12.0. The van der Waals surface area contributed by atoms with Crippen molar-refractivity contribution in [3.8, 4) is 0 Å². The monoisotopic (exact) mass is 394 g/mol. The molecule has 4 N–H and O–H groups in total. The first-order valence-electron chi connectivity index (χ1n) is 7.40. The summed E-state index contributed by atoms with van der Waals surface area (Å²) in [6.07, 6.45) is -4.33. The SMILES string of the molecule is CO[C@H]1[C@@H](O)[C@H](n2cc(CC(=O)O)c(=O)[nH]c2=O)O[C@@H]1COP(C)(=O)O. The third-order valence-corrected chi connectivity index (χ3v) is 4.35. The lowest BCUT2D eigenvalue weighted by Crippen LogP contribution is -2.39. The summed E-state index contributed by atoms with van der Waals surface area (Å²) in [7, 11) is -2.54. The Morgan fingerprint density at radius 3 is 2.65 bits per heavy atom. The second-order valence-corrected chi connectivity index (χ2v) is 7.61. The van der Waals surface area contributed by atoms with E-state index in [4.69, 9.17) is 19.1 Å². The van der Waals surface area contributed by atoms with Crippen molar-refractivity contribution in [2.45, 2.75) is 31.0 Å². The summed E-state index contributed by atoms with van der Waals surface area (Å²) in [5.74, 6) is -1.28. The molecule has 0 saturated carbocycles. The molecule has 2 rings (SSSR count). The van der Waals surface area contributed by atoms with Gasteiger partial charge in [-0.05, 0) is 0 Å². The lowest BCUT2D eigenvalue weighted by atomic mass is 10.1. The van der Waals surface area contributed by atoms with Gasteiger partial charge in [-0.2, -0.15) is 0 Å². The molecule has 1 fully saturated rings. The number of nitrogens with one attached hydrogen (secondary N) is 1. The van der Waals surface area contributed by atoms with E-state index in [0.29, 0.717) is 0 Å². The number of carboxylic acid groups (broad SMARTS) is 1. The third-order valence-electron chi connectivity index (χ3n) is 3.72. The predicted molar refractivity (Wildman–Crippen MR) is 85.1 cm³/mol. The van der Waals surface area contributed by atoms with Gasteiger partial charge >= 0.3 is 19.3 Å². The minimum atomic E-state index is -3.80. The fourth-order valence-corrected chi connectivity index (χ4v) is 3.01. The number of aliphatic hydroxyl groups is 1. The quantitative estimate of drug-likeness (QED) is 0.388. The summed E-state index contributed by atoms with van der Waals surface area (Å²) in [6.45, 7) is 0.582. The van der Waals surface area contributed by atoms with Crippen LogP contribution >= 0.6 is 7.60 Å². The number of H-pyrrole nitrogens is 1. The standard InChI is InChI=1S/C13H19N2O10P/c1-23-10-7(5-24-26(2,21)22)25-12(9(10)18)15-4-6(3-8(16)17)11(19)14-13(15)20/h4,7,9-10,12,18H,3,5H2,1-2H3,(H,16,17)(H,21,22)(H,14,19,20)/t7-,9-,10-,12-/m1/s1. The largest absolute Gasteiger partial charge is 0.481 e. The molecule has 1 aromatic rings. The Morgan fingerprint density at radius 2 is 2.12 bits per heavy atom. The molecular weight excluding hydrogens is 375 g/mol. The van der Waals surface area contributed by atoms with Crippen LogP contribution in [0.3, 0.4) is 0 Å². The van der Waals surface area contributed by atoms with Crippen LogP contribution in [0.15, 0.2) is 15.8 Å². The van der Waals surface area contributed by atoms with Crippen LogP contribution < -0.4 is 11.2 Å². The first-order valence-corrected chi connectivity index (χ1v) is 9.43. The molecule has 0 amide bonds. The maximum atomic E-state index is 12.0. The minimum absolute atomic E-state index is 0.213. The van der Waals surface area contributed by atoms with Crippen LogP contribution in [-0.2, 0) is 29.8 Å². The molecule has 1 aromatic heterocycles. The highest BCUT2D eigenvalue weighted by atomic mass is 31.2. The Bertz CT molecular complexity index is 827. The van der Waals surface area contributed by atoms with E-state index in [2.05, 4.69) is 0 Å². The zero-order chi connectivity index (χ0) is 19.6. The second kappa shape index (κ2) is 7.82. The van der Waals surface area contributed by atoms with Gasteiger partial charge in [-0.25, -0.2) is 4.79 Å². The molecular formula is C13H19N2O10P. The average Bonchev–Trinajstić information content (AvgIpc) is 2.83. The number of aromatic amines is 1. The van der Waals surface area contributed by atoms with E-state index in [0.717, 1.165) is 17.4 Å². The van der Waals surface area contributed by atoms with Crippen LogP contribution in [0.4, 0.5) is 0 Å². The number of ether oxygens (including phenoxy) is 2. The number of nitrogens with zero attached hydrogens (tertiary/aromatic N) is 1. The molecule has 1 unspecified atom stereocenters. The van der Waals surface area contributed by atoms with Gasteiger partial charge in [0.05, 0.1) is 13.0 Å². The fourth-order valence-electron chi connectivity index (χ4n) is 2.59. The Hall–Kier alpha value is -1.82. The van der Waals surface area contributed by atoms with Gasteiger partial charge in [-0.1, -0.05) is 0 Å². The normalized spacial score (nSPS) is 28.0. The number of aromatic nitrogens is 2. The Kier molecular flexibility index (Phi) is 6.17. The van der Waals surface area contributed by atoms with Gasteiger partial charge in [0.2, 0.25) is 0 Å². The minimum Gasteiger partial charge on any atom is -0.481 e. The van der Waals surface area contributed by atoms with Gasteiger partial charge in [-0.3, -0.25) is 23.7 Å². The number of aliphatic hydroxyl groups excluding tert-OH is 1. The van der Waals surface area contributed by atoms with Crippen molar-refractivity contribution in [3.05, 3.63) is 32.6 Å². The van der Waals surface area contributed by atoms with Crippen molar-refractivity contribution < 1.29 is 38.5 Å². The van der Waals surface area contributed by atoms with Gasteiger partial charge in [-0.15, -0.1) is 0 Å². The Balaban J connectivity index is 2.33. The molecule has 5 atom stereocenters. The van der Waals surface area contributed by atoms with Gasteiger partial charge in [0.15, 0.2) is 6.23 Å². The molecule has 1 saturated heterocycles. The van der Waals surface area contributed by atoms with Crippen molar-refractivity contribution in [2.75, 3.05) is 20.4 Å². The van der Waals surface area contributed by atoms with Crippen molar-refractivity contribution in [1.82, 2.24) is 9.55 Å². The zero-order valence-corrected chi connectivity index (χ0v) is 14.8. The van der Waals surface area contributed by atoms with E-state index in [1.54, 1.807) is 0 Å². The molecule has 1 aliphatic heterocycles. The summed E-state index contributed by atoms with van der Waals surface area (Å²) in [5.41, 5.74) is -2.00. The van der Waals surface area contributed by atoms with Crippen LogP contribution in [0.1, 0.15) is 11.8 Å². The number of hydrogen-bond donors (Lipinski definition) is 4. The number of methoxy groups -OCH3 is 1. The van der Waals surface area contributed by atoms with E-state index < -0.39 is 62.4 Å². The second-order valence-electron chi connectivity index (χ2n) is 5.75. The average molecular weight is 394 g/mol. The molecule has 2 heterocycles. The van der Waals surface area contributed by atoms with Gasteiger partial charge in [0.25, 0.3) is 5.56 Å². The number of carboxylic acids is 1. The third kappa shape index (κ3) is 4.67. The summed E-state index contributed by atoms with van der Waals surface area (Å²) < 4.78 is 27.5. The summed E-state index contributed by atoms with van der Waals surface area (Å²) >= 11 is 0. The first kappa shape index (κ1) is 20.5. The molecule has 146 valence electrons. The molecule has 0 spiro atoms. The van der Waals surface area contributed by atoms with Gasteiger partial charge < -0.3 is 29.1 Å². The molecule has 1 aliphatic rings. The predicted octanol–water partition coefficient (Wildman–Crippen LogP) is -1.73. The van der Waals surface area contributed by atoms with E-state index >= 15 is 0 Å². The maximum Gasteiger partial charge on any atom is 0.330 e.